The van der Waals surface area contributed by atoms with Gasteiger partial charge in [-0.1, -0.05) is 45.0 Å². The first-order chi connectivity index (χ1) is 33.8. The maximum atomic E-state index is 14.3. The van der Waals surface area contributed by atoms with Gasteiger partial charge in [0.05, 0.1) is 39.1 Å². The molecule has 6 N–H and O–H groups in total. The second-order valence-corrected chi connectivity index (χ2v) is 21.4. The van der Waals surface area contributed by atoms with E-state index in [1.54, 1.807) is 36.7 Å². The molecule has 3 aliphatic heterocycles. The van der Waals surface area contributed by atoms with Crippen LogP contribution in [-0.4, -0.2) is 108 Å². The second-order valence-electron chi connectivity index (χ2n) is 20.6. The van der Waals surface area contributed by atoms with Crippen molar-refractivity contribution in [3.8, 4) is 27.4 Å². The van der Waals surface area contributed by atoms with Crippen LogP contribution < -0.4 is 26.2 Å². The van der Waals surface area contributed by atoms with Crippen LogP contribution in [0.2, 0.25) is 0 Å². The van der Waals surface area contributed by atoms with Crippen LogP contribution in [0.3, 0.4) is 0 Å². The Hall–Kier alpha value is -6.41. The van der Waals surface area contributed by atoms with Gasteiger partial charge in [-0.05, 0) is 104 Å². The number of β-amino-alcohol motifs (C(OH)–C–C–N with tert-alkyl or cyclic N) is 1. The Bertz CT molecular complexity index is 2750. The molecule has 4 fully saturated rings. The highest BCUT2D eigenvalue weighted by Crippen LogP contribution is 2.40. The standard InChI is InChI=1S/C51H60F3N11O5S/c1-28-43(71-27-59-28)32-13-14-33(38(18-32)51(52,53)54)23-56-47(69)41-19-36(66)26-64(41)48(70)44(50(2,3)4)60-46(68)31-11-9-29(10-12-31)17-30-21-57-49(58-22-30)65-34-15-16-35(65)25-63(24-34)40-20-39(61-62-45(40)55)37-7-5-6-8-42(37)67/h5-8,13-14,18,20-22,27,29,31,34-36,41,44,66-67H,9-12,15-17,19,23-26H2,1-4H3,(H2,55,62)(H,56,69)(H,60,68)/t29?,31?,34?,35?,36-,41+,44-/m1/s1. The van der Waals surface area contributed by atoms with Crippen molar-refractivity contribution in [2.24, 2.45) is 17.3 Å². The lowest BCUT2D eigenvalue weighted by Crippen LogP contribution is -2.58. The molecule has 5 atom stereocenters. The molecule has 9 rings (SSSR count). The third-order valence-corrected chi connectivity index (χ3v) is 15.6. The number of hydrogen-bond acceptors (Lipinski definition) is 14. The van der Waals surface area contributed by atoms with Crippen LogP contribution in [0.25, 0.3) is 21.7 Å². The number of nitrogens with zero attached hydrogens (tertiary/aromatic N) is 8. The van der Waals surface area contributed by atoms with Crippen molar-refractivity contribution in [3.63, 3.8) is 0 Å². The molecular weight excluding hydrogens is 936 g/mol. The van der Waals surface area contributed by atoms with E-state index in [1.165, 1.54) is 22.3 Å². The number of aromatic nitrogens is 5. The van der Waals surface area contributed by atoms with Crippen molar-refractivity contribution in [1.82, 2.24) is 40.7 Å². The molecule has 5 aromatic rings. The number of alkyl halides is 3. The lowest BCUT2D eigenvalue weighted by molar-refractivity contribution is -0.144. The van der Waals surface area contributed by atoms with Crippen LogP contribution in [0.15, 0.2) is 66.4 Å². The summed E-state index contributed by atoms with van der Waals surface area (Å²) in [7, 11) is 0. The number of aromatic hydroxyl groups is 1. The number of hydrogen-bond donors (Lipinski definition) is 5. The van der Waals surface area contributed by atoms with Crippen LogP contribution >= 0.6 is 11.3 Å². The average Bonchev–Trinajstić information content (AvgIpc) is 4.03. The smallest absolute Gasteiger partial charge is 0.416 e. The number of carbonyl (C=O) groups is 3. The molecule has 20 heteroatoms. The number of phenolic OH excluding ortho intramolecular Hbond substituents is 1. The normalized spacial score (nSPS) is 22.9. The number of aliphatic hydroxyl groups excluding tert-OH is 1. The van der Waals surface area contributed by atoms with E-state index in [4.69, 9.17) is 15.7 Å². The number of fused-ring (bicyclic) bond motifs is 2. The van der Waals surface area contributed by atoms with Gasteiger partial charge in [0.15, 0.2) is 5.82 Å². The molecule has 3 aromatic heterocycles. The lowest BCUT2D eigenvalue weighted by Gasteiger charge is -2.42. The van der Waals surface area contributed by atoms with Crippen molar-refractivity contribution in [3.05, 3.63) is 88.8 Å². The topological polar surface area (TPSA) is 216 Å². The van der Waals surface area contributed by atoms with Gasteiger partial charge in [-0.25, -0.2) is 15.0 Å². The number of benzene rings is 2. The molecule has 376 valence electrons. The van der Waals surface area contributed by atoms with Gasteiger partial charge in [0.25, 0.3) is 0 Å². The maximum Gasteiger partial charge on any atom is 0.416 e. The van der Waals surface area contributed by atoms with E-state index in [-0.39, 0.29) is 48.2 Å². The Morgan fingerprint density at radius 3 is 2.25 bits per heavy atom. The van der Waals surface area contributed by atoms with Gasteiger partial charge in [-0.2, -0.15) is 13.2 Å². The Balaban J connectivity index is 0.776. The number of halogens is 3. The molecule has 3 saturated heterocycles. The number of rotatable bonds is 12. The number of aryl methyl sites for hydroxylation is 1. The van der Waals surface area contributed by atoms with Gasteiger partial charge in [0, 0.05) is 68.6 Å². The predicted octanol–water partition coefficient (Wildman–Crippen LogP) is 6.69. The third-order valence-electron chi connectivity index (χ3n) is 14.6. The molecule has 6 heterocycles. The average molecular weight is 996 g/mol. The van der Waals surface area contributed by atoms with Gasteiger partial charge >= 0.3 is 6.18 Å². The molecule has 71 heavy (non-hydrogen) atoms. The predicted molar refractivity (Wildman–Crippen MR) is 263 cm³/mol. The minimum Gasteiger partial charge on any atom is -0.507 e. The largest absolute Gasteiger partial charge is 0.507 e. The van der Waals surface area contributed by atoms with Crippen LogP contribution in [0.4, 0.5) is 30.6 Å². The number of para-hydroxylation sites is 1. The minimum absolute atomic E-state index is 0.0979. The third kappa shape index (κ3) is 10.6. The van der Waals surface area contributed by atoms with E-state index in [1.807, 2.05) is 45.3 Å². The fraction of sp³-hybridized carbons (Fsp3) is 0.490. The SMILES string of the molecule is Cc1ncsc1-c1ccc(CNC(=O)[C@@H]2C[C@@H](O)CN2C(=O)[C@@H](NC(=O)C2CCC(Cc3cnc(N4C5CCC4CN(c4cc(-c6ccccc6O)nnc4N)C5)nc3)CC2)C(C)(C)C)c(C(F)(F)F)c1. The fourth-order valence-corrected chi connectivity index (χ4v) is 11.6. The number of amides is 3. The number of nitrogens with two attached hydrogens (primary N) is 1. The zero-order valence-corrected chi connectivity index (χ0v) is 41.0. The summed E-state index contributed by atoms with van der Waals surface area (Å²) in [6.45, 7) is 7.98. The molecule has 3 amide bonds. The Morgan fingerprint density at radius 2 is 1.61 bits per heavy atom. The van der Waals surface area contributed by atoms with Crippen LogP contribution in [-0.2, 0) is 33.5 Å². The number of thiazole rings is 1. The number of nitrogen functional groups attached to an aromatic ring is 1. The summed E-state index contributed by atoms with van der Waals surface area (Å²) in [6.07, 6.45) is 3.55. The first kappa shape index (κ1) is 49.6. The summed E-state index contributed by atoms with van der Waals surface area (Å²) < 4.78 is 42.9. The number of likely N-dealkylation sites (tertiary alicyclic amines) is 1. The zero-order valence-electron chi connectivity index (χ0n) is 40.2. The molecule has 2 bridgehead atoms. The van der Waals surface area contributed by atoms with Gasteiger partial charge in [-0.3, -0.25) is 14.4 Å². The Morgan fingerprint density at radius 1 is 0.901 bits per heavy atom. The van der Waals surface area contributed by atoms with Crippen molar-refractivity contribution in [2.75, 3.05) is 35.2 Å². The highest BCUT2D eigenvalue weighted by atomic mass is 32.1. The molecule has 16 nitrogen and oxygen atoms in total. The van der Waals surface area contributed by atoms with E-state index in [9.17, 15) is 37.8 Å². The van der Waals surface area contributed by atoms with E-state index < -0.39 is 53.7 Å². The molecule has 0 radical (unpaired) electrons. The van der Waals surface area contributed by atoms with Gasteiger partial charge in [-0.15, -0.1) is 21.5 Å². The quantitative estimate of drug-likeness (QED) is 0.0883. The van der Waals surface area contributed by atoms with Gasteiger partial charge in [0.2, 0.25) is 23.7 Å². The van der Waals surface area contributed by atoms with Crippen LogP contribution in [0, 0.1) is 24.2 Å². The maximum absolute atomic E-state index is 14.3. The molecule has 4 aliphatic rings. The number of aliphatic hydroxyl groups is 1. The highest BCUT2D eigenvalue weighted by molar-refractivity contribution is 7.13. The number of carbonyl (C=O) groups excluding carboxylic acids is 3. The zero-order chi connectivity index (χ0) is 50.4. The molecule has 0 spiro atoms. The van der Waals surface area contributed by atoms with Gasteiger partial charge < -0.3 is 41.3 Å². The summed E-state index contributed by atoms with van der Waals surface area (Å²) >= 11 is 1.24. The first-order valence-electron chi connectivity index (χ1n) is 24.2. The number of anilines is 3. The number of piperazine rings is 1. The molecule has 1 saturated carbocycles. The summed E-state index contributed by atoms with van der Waals surface area (Å²) in [5.41, 5.74) is 10.0. The summed E-state index contributed by atoms with van der Waals surface area (Å²) in [6, 6.07) is 11.0. The first-order valence-corrected chi connectivity index (χ1v) is 25.1. The summed E-state index contributed by atoms with van der Waals surface area (Å²) in [4.78, 5) is 62.1. The summed E-state index contributed by atoms with van der Waals surface area (Å²) in [5, 5.41) is 35.2. The molecule has 2 aromatic carbocycles. The van der Waals surface area contributed by atoms with Crippen molar-refractivity contribution in [2.45, 2.75) is 122 Å². The van der Waals surface area contributed by atoms with E-state index >= 15 is 0 Å². The lowest BCUT2D eigenvalue weighted by atomic mass is 9.78. The van der Waals surface area contributed by atoms with Crippen molar-refractivity contribution < 1.29 is 37.8 Å². The number of phenols is 1. The second kappa shape index (κ2) is 20.0. The number of nitrogens with one attached hydrogen (secondary N) is 2. The molecule has 1 aliphatic carbocycles. The summed E-state index contributed by atoms with van der Waals surface area (Å²) in [5.74, 6) is -0.346. The molecular formula is C51H60F3N11O5S. The van der Waals surface area contributed by atoms with Crippen molar-refractivity contribution in [1.29, 1.82) is 0 Å². The monoisotopic (exact) mass is 995 g/mol. The van der Waals surface area contributed by atoms with Crippen LogP contribution in [0.1, 0.15) is 88.1 Å². The fourth-order valence-electron chi connectivity index (χ4n) is 10.8. The van der Waals surface area contributed by atoms with Crippen LogP contribution in [0.5, 0.6) is 5.75 Å². The van der Waals surface area contributed by atoms with E-state index in [0.29, 0.717) is 71.0 Å². The van der Waals surface area contributed by atoms with E-state index in [2.05, 4.69) is 35.6 Å². The van der Waals surface area contributed by atoms with Crippen molar-refractivity contribution >= 4 is 46.5 Å². The Kier molecular flexibility index (Phi) is 14.0. The highest BCUT2D eigenvalue weighted by Gasteiger charge is 2.46. The molecule has 2 unspecified atom stereocenters. The Labute approximate surface area is 414 Å². The van der Waals surface area contributed by atoms with Gasteiger partial charge in [0.1, 0.15) is 17.8 Å². The van der Waals surface area contributed by atoms with E-state index in [0.717, 1.165) is 49.4 Å². The minimum atomic E-state index is -4.70.